The molecule has 0 saturated carbocycles. The number of rotatable bonds is 5. The largest absolute Gasteiger partial charge is 0.454 e. The van der Waals surface area contributed by atoms with Crippen LogP contribution >= 0.6 is 0 Å². The molecule has 156 valence electrons. The van der Waals surface area contributed by atoms with E-state index in [0.29, 0.717) is 43.4 Å². The molecule has 1 aromatic rings. The average molecular weight is 404 g/mol. The highest BCUT2D eigenvalue weighted by molar-refractivity contribution is 5.95. The van der Waals surface area contributed by atoms with Crippen molar-refractivity contribution in [2.75, 3.05) is 39.7 Å². The Morgan fingerprint density at radius 2 is 1.93 bits per heavy atom. The third-order valence-electron chi connectivity index (χ3n) is 5.14. The van der Waals surface area contributed by atoms with E-state index in [0.717, 1.165) is 0 Å². The lowest BCUT2D eigenvalue weighted by atomic mass is 10.0. The second-order valence-corrected chi connectivity index (χ2v) is 7.05. The van der Waals surface area contributed by atoms with Crippen LogP contribution in [0.5, 0.6) is 11.5 Å². The molecule has 1 saturated heterocycles. The molecule has 9 nitrogen and oxygen atoms in total. The normalized spacial score (nSPS) is 25.7. The van der Waals surface area contributed by atoms with Crippen LogP contribution in [0.2, 0.25) is 0 Å². The van der Waals surface area contributed by atoms with Crippen molar-refractivity contribution in [2.45, 2.75) is 24.7 Å². The first kappa shape index (κ1) is 19.7. The Labute approximate surface area is 168 Å². The van der Waals surface area contributed by atoms with Crippen molar-refractivity contribution in [3.8, 4) is 11.5 Å². The second kappa shape index (κ2) is 8.81. The van der Waals surface area contributed by atoms with Crippen LogP contribution in [0.25, 0.3) is 0 Å². The van der Waals surface area contributed by atoms with Crippen LogP contribution in [-0.4, -0.2) is 79.8 Å². The molecule has 1 fully saturated rings. The quantitative estimate of drug-likeness (QED) is 0.670. The molecular formula is C20H24N2O7. The third-order valence-corrected chi connectivity index (χ3v) is 5.14. The molecule has 0 radical (unpaired) electrons. The maximum atomic E-state index is 12.6. The fraction of sp³-hybridized carbons (Fsp3) is 0.500. The Bertz CT molecular complexity index is 791. The van der Waals surface area contributed by atoms with Crippen molar-refractivity contribution < 1.29 is 33.6 Å². The van der Waals surface area contributed by atoms with Gasteiger partial charge in [-0.2, -0.15) is 0 Å². The van der Waals surface area contributed by atoms with Crippen LogP contribution in [-0.2, 0) is 14.3 Å². The zero-order valence-electron chi connectivity index (χ0n) is 15.9. The van der Waals surface area contributed by atoms with Crippen LogP contribution < -0.4 is 14.8 Å². The van der Waals surface area contributed by atoms with E-state index in [1.165, 1.54) is 0 Å². The van der Waals surface area contributed by atoms with Crippen molar-refractivity contribution in [1.29, 1.82) is 0 Å². The molecule has 3 aliphatic rings. The Morgan fingerprint density at radius 3 is 2.72 bits per heavy atom. The summed E-state index contributed by atoms with van der Waals surface area (Å²) in [5.41, 5.74) is 0.420. The summed E-state index contributed by atoms with van der Waals surface area (Å²) in [7, 11) is 0. The first-order valence-electron chi connectivity index (χ1n) is 9.64. The summed E-state index contributed by atoms with van der Waals surface area (Å²) >= 11 is 0. The average Bonchev–Trinajstić information content (AvgIpc) is 3.23. The van der Waals surface area contributed by atoms with Crippen LogP contribution in [0.1, 0.15) is 16.8 Å². The number of amides is 2. The van der Waals surface area contributed by atoms with E-state index in [1.807, 2.05) is 0 Å². The van der Waals surface area contributed by atoms with Gasteiger partial charge in [-0.1, -0.05) is 12.2 Å². The monoisotopic (exact) mass is 404 g/mol. The van der Waals surface area contributed by atoms with Gasteiger partial charge < -0.3 is 34.3 Å². The number of fused-ring (bicyclic) bond motifs is 1. The molecule has 0 aliphatic carbocycles. The first-order valence-corrected chi connectivity index (χ1v) is 9.64. The molecule has 0 spiro atoms. The third kappa shape index (κ3) is 4.52. The number of aliphatic hydroxyl groups excluding tert-OH is 1. The number of ether oxygens (including phenoxy) is 4. The van der Waals surface area contributed by atoms with Crippen LogP contribution in [0.4, 0.5) is 0 Å². The highest BCUT2D eigenvalue weighted by atomic mass is 16.7. The summed E-state index contributed by atoms with van der Waals surface area (Å²) in [5.74, 6) is 0.794. The van der Waals surface area contributed by atoms with Crippen LogP contribution in [0, 0.1) is 0 Å². The van der Waals surface area contributed by atoms with E-state index in [9.17, 15) is 14.7 Å². The van der Waals surface area contributed by atoms with Crippen molar-refractivity contribution in [2.24, 2.45) is 0 Å². The number of hydrogen-bond donors (Lipinski definition) is 2. The smallest absolute Gasteiger partial charge is 0.251 e. The topological polar surface area (TPSA) is 107 Å². The molecule has 4 rings (SSSR count). The molecule has 3 heterocycles. The molecule has 9 heteroatoms. The second-order valence-electron chi connectivity index (χ2n) is 7.05. The van der Waals surface area contributed by atoms with Crippen LogP contribution in [0.15, 0.2) is 30.4 Å². The number of carbonyl (C=O) groups excluding carboxylic acids is 2. The minimum absolute atomic E-state index is 0.0116. The van der Waals surface area contributed by atoms with E-state index in [-0.39, 0.29) is 31.6 Å². The minimum Gasteiger partial charge on any atom is -0.454 e. The maximum Gasteiger partial charge on any atom is 0.251 e. The van der Waals surface area contributed by atoms with Crippen molar-refractivity contribution in [1.82, 2.24) is 10.2 Å². The number of benzene rings is 1. The molecule has 1 aromatic carbocycles. The standard InChI is InChI=1S/C20H24N2O7/c23-11-18-15(21-20(25)13-1-4-16-17(9-13)28-12-27-16)3-2-14(29-18)10-19(24)22-5-7-26-8-6-22/h1-4,9,14-15,18,23H,5-8,10-12H2,(H,21,25)/t14-,15+,18+/m0/s1. The zero-order chi connectivity index (χ0) is 20.2. The maximum absolute atomic E-state index is 12.6. The van der Waals surface area contributed by atoms with Gasteiger partial charge >= 0.3 is 0 Å². The van der Waals surface area contributed by atoms with Gasteiger partial charge in [0.2, 0.25) is 12.7 Å². The summed E-state index contributed by atoms with van der Waals surface area (Å²) in [6.07, 6.45) is 2.64. The number of aliphatic hydroxyl groups is 1. The fourth-order valence-corrected chi connectivity index (χ4v) is 3.52. The Hall–Kier alpha value is -2.62. The summed E-state index contributed by atoms with van der Waals surface area (Å²) < 4.78 is 21.7. The lowest BCUT2D eigenvalue weighted by Crippen LogP contribution is -2.49. The van der Waals surface area contributed by atoms with E-state index in [4.69, 9.17) is 18.9 Å². The summed E-state index contributed by atoms with van der Waals surface area (Å²) in [6.45, 7) is 2.09. The molecule has 0 bridgehead atoms. The van der Waals surface area contributed by atoms with E-state index < -0.39 is 18.2 Å². The van der Waals surface area contributed by atoms with Gasteiger partial charge in [0, 0.05) is 18.7 Å². The number of nitrogens with one attached hydrogen (secondary N) is 1. The van der Waals surface area contributed by atoms with Gasteiger partial charge in [0.05, 0.1) is 38.4 Å². The van der Waals surface area contributed by atoms with Gasteiger partial charge in [0.1, 0.15) is 6.10 Å². The molecule has 3 aliphatic heterocycles. The van der Waals surface area contributed by atoms with Gasteiger partial charge in [-0.3, -0.25) is 9.59 Å². The predicted octanol–water partition coefficient (Wildman–Crippen LogP) is 0.0785. The van der Waals surface area contributed by atoms with E-state index >= 15 is 0 Å². The SMILES string of the molecule is O=C(N[C@@H]1C=C[C@@H](CC(=O)N2CCOCC2)O[C@@H]1CO)c1ccc2c(c1)OCO2. The van der Waals surface area contributed by atoms with E-state index in [1.54, 1.807) is 35.3 Å². The highest BCUT2D eigenvalue weighted by Crippen LogP contribution is 2.32. The number of hydrogen-bond acceptors (Lipinski definition) is 7. The Balaban J connectivity index is 1.36. The summed E-state index contributed by atoms with van der Waals surface area (Å²) in [4.78, 5) is 26.7. The van der Waals surface area contributed by atoms with E-state index in [2.05, 4.69) is 5.32 Å². The number of carbonyl (C=O) groups is 2. The fourth-order valence-electron chi connectivity index (χ4n) is 3.52. The molecule has 2 N–H and O–H groups in total. The molecule has 0 unspecified atom stereocenters. The van der Waals surface area contributed by atoms with Gasteiger partial charge in [-0.15, -0.1) is 0 Å². The summed E-state index contributed by atoms with van der Waals surface area (Å²) in [5, 5.41) is 12.6. The Kier molecular flexibility index (Phi) is 5.98. The molecule has 0 aromatic heterocycles. The Morgan fingerprint density at radius 1 is 1.14 bits per heavy atom. The first-order chi connectivity index (χ1) is 14.1. The van der Waals surface area contributed by atoms with Gasteiger partial charge in [-0.05, 0) is 18.2 Å². The minimum atomic E-state index is -0.638. The van der Waals surface area contributed by atoms with Crippen LogP contribution in [0.3, 0.4) is 0 Å². The van der Waals surface area contributed by atoms with Gasteiger partial charge in [-0.25, -0.2) is 0 Å². The molecule has 2 amide bonds. The number of nitrogens with zero attached hydrogens (tertiary/aromatic N) is 1. The molecular weight excluding hydrogens is 380 g/mol. The van der Waals surface area contributed by atoms with Crippen molar-refractivity contribution in [3.05, 3.63) is 35.9 Å². The van der Waals surface area contributed by atoms with Gasteiger partial charge in [0.15, 0.2) is 11.5 Å². The number of morpholine rings is 1. The highest BCUT2D eigenvalue weighted by Gasteiger charge is 2.30. The lowest BCUT2D eigenvalue weighted by Gasteiger charge is -2.33. The van der Waals surface area contributed by atoms with Crippen molar-refractivity contribution in [3.63, 3.8) is 0 Å². The van der Waals surface area contributed by atoms with Gasteiger partial charge in [0.25, 0.3) is 5.91 Å². The summed E-state index contributed by atoms with van der Waals surface area (Å²) in [6, 6.07) is 4.44. The zero-order valence-corrected chi connectivity index (χ0v) is 15.9. The molecule has 29 heavy (non-hydrogen) atoms. The predicted molar refractivity (Wildman–Crippen MR) is 101 cm³/mol. The lowest BCUT2D eigenvalue weighted by molar-refractivity contribution is -0.139. The molecule has 3 atom stereocenters. The van der Waals surface area contributed by atoms with Crippen molar-refractivity contribution >= 4 is 11.8 Å².